The highest BCUT2D eigenvalue weighted by Crippen LogP contribution is 2.21. The molecule has 0 aromatic heterocycles. The minimum atomic E-state index is -0.420. The molecule has 0 spiro atoms. The van der Waals surface area contributed by atoms with Crippen molar-refractivity contribution in [3.8, 4) is 0 Å². The first-order valence-corrected chi connectivity index (χ1v) is 8.73. The molecule has 22 heavy (non-hydrogen) atoms. The van der Waals surface area contributed by atoms with Crippen LogP contribution in [0.3, 0.4) is 0 Å². The van der Waals surface area contributed by atoms with Crippen molar-refractivity contribution in [2.24, 2.45) is 5.16 Å². The lowest BCUT2D eigenvalue weighted by atomic mass is 10.0. The summed E-state index contributed by atoms with van der Waals surface area (Å²) in [7, 11) is 0. The Bertz CT molecular complexity index is 418. The van der Waals surface area contributed by atoms with Crippen LogP contribution < -0.4 is 0 Å². The molecule has 124 valence electrons. The van der Waals surface area contributed by atoms with E-state index in [4.69, 9.17) is 5.21 Å². The van der Waals surface area contributed by atoms with Crippen LogP contribution in [-0.4, -0.2) is 16.5 Å². The Hall–Kier alpha value is -1.35. The van der Waals surface area contributed by atoms with E-state index in [1.54, 1.807) is 0 Å². The van der Waals surface area contributed by atoms with Crippen molar-refractivity contribution in [1.29, 1.82) is 0 Å². The number of unbranched alkanes of at least 4 members (excludes halogenated alkanes) is 8. The standard InChI is InChI=1S/C19H31NO2/c1-2-3-4-5-6-7-8-9-10-14-19(21)18-13-11-12-17(15-18)16-20-22/h11-13,15-16,19,21-22H,2-10,14H2,1H3. The molecule has 0 saturated carbocycles. The quantitative estimate of drug-likeness (QED) is 0.233. The third-order valence-corrected chi connectivity index (χ3v) is 4.08. The minimum Gasteiger partial charge on any atom is -0.411 e. The van der Waals surface area contributed by atoms with Gasteiger partial charge in [0.2, 0.25) is 0 Å². The Morgan fingerprint density at radius 1 is 1.00 bits per heavy atom. The lowest BCUT2D eigenvalue weighted by molar-refractivity contribution is 0.163. The van der Waals surface area contributed by atoms with Crippen LogP contribution in [0, 0.1) is 0 Å². The minimum absolute atomic E-state index is 0.420. The van der Waals surface area contributed by atoms with Crippen molar-refractivity contribution in [3.63, 3.8) is 0 Å². The number of oxime groups is 1. The second kappa shape index (κ2) is 12.2. The van der Waals surface area contributed by atoms with Gasteiger partial charge in [0, 0.05) is 0 Å². The van der Waals surface area contributed by atoms with E-state index in [2.05, 4.69) is 12.1 Å². The van der Waals surface area contributed by atoms with Gasteiger partial charge >= 0.3 is 0 Å². The van der Waals surface area contributed by atoms with Gasteiger partial charge in [0.15, 0.2) is 0 Å². The largest absolute Gasteiger partial charge is 0.411 e. The zero-order valence-corrected chi connectivity index (χ0v) is 13.9. The summed E-state index contributed by atoms with van der Waals surface area (Å²) in [6, 6.07) is 7.53. The van der Waals surface area contributed by atoms with Crippen molar-refractivity contribution >= 4 is 6.21 Å². The fourth-order valence-corrected chi connectivity index (χ4v) is 2.73. The van der Waals surface area contributed by atoms with E-state index in [0.717, 1.165) is 24.0 Å². The van der Waals surface area contributed by atoms with Crippen LogP contribution in [0.25, 0.3) is 0 Å². The maximum absolute atomic E-state index is 10.2. The Labute approximate surface area is 135 Å². The Balaban J connectivity index is 2.13. The molecular weight excluding hydrogens is 274 g/mol. The van der Waals surface area contributed by atoms with Gasteiger partial charge in [0.1, 0.15) is 0 Å². The van der Waals surface area contributed by atoms with Crippen molar-refractivity contribution in [2.75, 3.05) is 0 Å². The highest BCUT2D eigenvalue weighted by Gasteiger charge is 2.07. The molecule has 0 aliphatic carbocycles. The second-order valence-electron chi connectivity index (χ2n) is 6.05. The molecule has 1 aromatic rings. The summed E-state index contributed by atoms with van der Waals surface area (Å²) in [6.45, 7) is 2.25. The predicted octanol–water partition coefficient (Wildman–Crippen LogP) is 5.45. The SMILES string of the molecule is CCCCCCCCCCCC(O)c1cccc(C=NO)c1. The van der Waals surface area contributed by atoms with E-state index >= 15 is 0 Å². The molecule has 1 atom stereocenters. The lowest BCUT2D eigenvalue weighted by Gasteiger charge is -2.11. The summed E-state index contributed by atoms with van der Waals surface area (Å²) in [4.78, 5) is 0. The molecule has 1 rings (SSSR count). The van der Waals surface area contributed by atoms with E-state index in [1.165, 1.54) is 57.6 Å². The number of hydrogen-bond donors (Lipinski definition) is 2. The van der Waals surface area contributed by atoms with Gasteiger partial charge in [0.25, 0.3) is 0 Å². The van der Waals surface area contributed by atoms with E-state index in [9.17, 15) is 5.11 Å². The first kappa shape index (κ1) is 18.7. The van der Waals surface area contributed by atoms with Crippen molar-refractivity contribution in [1.82, 2.24) is 0 Å². The van der Waals surface area contributed by atoms with Crippen LogP contribution in [0.4, 0.5) is 0 Å². The summed E-state index contributed by atoms with van der Waals surface area (Å²) >= 11 is 0. The summed E-state index contributed by atoms with van der Waals surface area (Å²) in [6.07, 6.45) is 13.4. The number of rotatable bonds is 12. The monoisotopic (exact) mass is 305 g/mol. The molecule has 1 aromatic carbocycles. The highest BCUT2D eigenvalue weighted by atomic mass is 16.4. The van der Waals surface area contributed by atoms with E-state index in [1.807, 2.05) is 24.3 Å². The molecule has 0 saturated heterocycles. The van der Waals surface area contributed by atoms with Crippen LogP contribution in [-0.2, 0) is 0 Å². The molecule has 0 amide bonds. The van der Waals surface area contributed by atoms with Crippen LogP contribution in [0.1, 0.15) is 88.4 Å². The third-order valence-electron chi connectivity index (χ3n) is 4.08. The smallest absolute Gasteiger partial charge is 0.0790 e. The predicted molar refractivity (Wildman–Crippen MR) is 92.6 cm³/mol. The van der Waals surface area contributed by atoms with Crippen molar-refractivity contribution in [3.05, 3.63) is 35.4 Å². The average molecular weight is 305 g/mol. The van der Waals surface area contributed by atoms with Crippen molar-refractivity contribution < 1.29 is 10.3 Å². The average Bonchev–Trinajstić information content (AvgIpc) is 2.54. The Morgan fingerprint density at radius 2 is 1.64 bits per heavy atom. The highest BCUT2D eigenvalue weighted by molar-refractivity contribution is 5.79. The number of hydrogen-bond acceptors (Lipinski definition) is 3. The first-order chi connectivity index (χ1) is 10.8. The molecular formula is C19H31NO2. The van der Waals surface area contributed by atoms with Gasteiger partial charge in [-0.25, -0.2) is 0 Å². The molecule has 0 heterocycles. The summed E-state index contributed by atoms with van der Waals surface area (Å²) in [5, 5.41) is 21.8. The molecule has 3 heteroatoms. The van der Waals surface area contributed by atoms with E-state index in [-0.39, 0.29) is 0 Å². The summed E-state index contributed by atoms with van der Waals surface area (Å²) in [5.41, 5.74) is 1.71. The maximum Gasteiger partial charge on any atom is 0.0790 e. The molecule has 0 radical (unpaired) electrons. The fourth-order valence-electron chi connectivity index (χ4n) is 2.73. The van der Waals surface area contributed by atoms with Gasteiger partial charge in [0.05, 0.1) is 12.3 Å². The molecule has 0 aliphatic heterocycles. The summed E-state index contributed by atoms with van der Waals surface area (Å²) in [5.74, 6) is 0. The normalized spacial score (nSPS) is 12.8. The van der Waals surface area contributed by atoms with Crippen LogP contribution in [0.2, 0.25) is 0 Å². The van der Waals surface area contributed by atoms with Gasteiger partial charge in [-0.05, 0) is 23.6 Å². The van der Waals surface area contributed by atoms with Crippen molar-refractivity contribution in [2.45, 2.75) is 77.2 Å². The molecule has 2 N–H and O–H groups in total. The van der Waals surface area contributed by atoms with Gasteiger partial charge in [-0.1, -0.05) is 88.1 Å². The topological polar surface area (TPSA) is 52.8 Å². The third kappa shape index (κ3) is 8.18. The lowest BCUT2D eigenvalue weighted by Crippen LogP contribution is -1.98. The Kier molecular flexibility index (Phi) is 10.4. The number of nitrogens with zero attached hydrogens (tertiary/aromatic N) is 1. The summed E-state index contributed by atoms with van der Waals surface area (Å²) < 4.78 is 0. The van der Waals surface area contributed by atoms with E-state index in [0.29, 0.717) is 0 Å². The second-order valence-corrected chi connectivity index (χ2v) is 6.05. The van der Waals surface area contributed by atoms with Gasteiger partial charge in [-0.15, -0.1) is 0 Å². The molecule has 0 aliphatic rings. The van der Waals surface area contributed by atoms with Crippen LogP contribution >= 0.6 is 0 Å². The first-order valence-electron chi connectivity index (χ1n) is 8.73. The van der Waals surface area contributed by atoms with Gasteiger partial charge < -0.3 is 10.3 Å². The number of benzene rings is 1. The molecule has 0 bridgehead atoms. The van der Waals surface area contributed by atoms with Gasteiger partial charge in [-0.3, -0.25) is 0 Å². The van der Waals surface area contributed by atoms with Crippen LogP contribution in [0.15, 0.2) is 29.4 Å². The van der Waals surface area contributed by atoms with Crippen LogP contribution in [0.5, 0.6) is 0 Å². The number of aliphatic hydroxyl groups is 1. The molecule has 1 unspecified atom stereocenters. The van der Waals surface area contributed by atoms with Gasteiger partial charge in [-0.2, -0.15) is 0 Å². The number of aliphatic hydroxyl groups excluding tert-OH is 1. The van der Waals surface area contributed by atoms with E-state index < -0.39 is 6.10 Å². The maximum atomic E-state index is 10.2. The molecule has 3 nitrogen and oxygen atoms in total. The zero-order valence-electron chi connectivity index (χ0n) is 13.9. The zero-order chi connectivity index (χ0) is 16.0. The Morgan fingerprint density at radius 3 is 2.27 bits per heavy atom. The fraction of sp³-hybridized carbons (Fsp3) is 0.632. The molecule has 0 fully saturated rings.